The average Bonchev–Trinajstić information content (AvgIpc) is 2.82. The van der Waals surface area contributed by atoms with Gasteiger partial charge in [0.2, 0.25) is 5.91 Å². The van der Waals surface area contributed by atoms with E-state index in [0.717, 1.165) is 17.7 Å². The van der Waals surface area contributed by atoms with Gasteiger partial charge in [0.25, 0.3) is 5.56 Å². The number of carbonyl (C=O) groups excluding carboxylic acids is 2. The van der Waals surface area contributed by atoms with Gasteiger partial charge < -0.3 is 24.8 Å². The predicted molar refractivity (Wildman–Crippen MR) is 125 cm³/mol. The third kappa shape index (κ3) is 5.63. The van der Waals surface area contributed by atoms with Crippen LogP contribution in [0.25, 0.3) is 0 Å². The van der Waals surface area contributed by atoms with Crippen LogP contribution in [0.15, 0.2) is 53.3 Å². The molecule has 176 valence electrons. The molecule has 8 heteroatoms. The first-order valence-electron chi connectivity index (χ1n) is 11.6. The molecule has 3 heterocycles. The van der Waals surface area contributed by atoms with Crippen molar-refractivity contribution in [2.75, 3.05) is 33.4 Å². The summed E-state index contributed by atoms with van der Waals surface area (Å²) < 4.78 is 6.89. The first-order valence-corrected chi connectivity index (χ1v) is 11.6. The summed E-state index contributed by atoms with van der Waals surface area (Å²) in [7, 11) is 1.63. The van der Waals surface area contributed by atoms with Gasteiger partial charge in [-0.3, -0.25) is 9.59 Å². The van der Waals surface area contributed by atoms with Crippen molar-refractivity contribution in [2.24, 2.45) is 5.92 Å². The van der Waals surface area contributed by atoms with E-state index in [1.165, 1.54) is 0 Å². The zero-order valence-corrected chi connectivity index (χ0v) is 19.0. The number of hydrogen-bond acceptors (Lipinski definition) is 4. The molecule has 8 nitrogen and oxygen atoms in total. The number of methoxy groups -OCH3 is 1. The van der Waals surface area contributed by atoms with Crippen LogP contribution < -0.4 is 16.2 Å². The van der Waals surface area contributed by atoms with Crippen LogP contribution in [0.5, 0.6) is 0 Å². The highest BCUT2D eigenvalue weighted by Gasteiger charge is 2.37. The first-order chi connectivity index (χ1) is 16.0. The van der Waals surface area contributed by atoms with Gasteiger partial charge in [0.05, 0.1) is 0 Å². The summed E-state index contributed by atoms with van der Waals surface area (Å²) in [6.45, 7) is 2.81. The van der Waals surface area contributed by atoms with Gasteiger partial charge in [0.15, 0.2) is 0 Å². The topological polar surface area (TPSA) is 92.7 Å². The molecule has 2 aromatic rings. The largest absolute Gasteiger partial charge is 0.385 e. The number of carbonyl (C=O) groups is 2. The number of ether oxygens (including phenoxy) is 1. The number of hydrogen-bond donors (Lipinski definition) is 2. The van der Waals surface area contributed by atoms with Crippen molar-refractivity contribution < 1.29 is 14.3 Å². The van der Waals surface area contributed by atoms with Gasteiger partial charge in [0, 0.05) is 64.0 Å². The number of aromatic nitrogens is 1. The number of likely N-dealkylation sites (tertiary alicyclic amines) is 1. The van der Waals surface area contributed by atoms with Crippen LogP contribution in [0.4, 0.5) is 4.79 Å². The maximum Gasteiger partial charge on any atom is 0.318 e. The van der Waals surface area contributed by atoms with Crippen LogP contribution in [-0.2, 0) is 22.5 Å². The highest BCUT2D eigenvalue weighted by molar-refractivity contribution is 5.87. The molecular formula is C25H32N4O4. The fourth-order valence-electron chi connectivity index (χ4n) is 4.91. The first kappa shape index (κ1) is 23.0. The number of amides is 3. The van der Waals surface area contributed by atoms with Gasteiger partial charge in [-0.1, -0.05) is 36.4 Å². The molecule has 1 aromatic heterocycles. The summed E-state index contributed by atoms with van der Waals surface area (Å²) in [6.07, 6.45) is 2.10. The summed E-state index contributed by atoms with van der Waals surface area (Å²) >= 11 is 0. The number of benzene rings is 1. The molecule has 4 rings (SSSR count). The fourth-order valence-corrected chi connectivity index (χ4v) is 4.91. The van der Waals surface area contributed by atoms with Crippen LogP contribution in [0.3, 0.4) is 0 Å². The van der Waals surface area contributed by atoms with Crippen molar-refractivity contribution >= 4 is 11.9 Å². The Kier molecular flexibility index (Phi) is 7.44. The number of nitrogens with zero attached hydrogens (tertiary/aromatic N) is 2. The maximum atomic E-state index is 13.2. The van der Waals surface area contributed by atoms with Crippen molar-refractivity contribution in [3.8, 4) is 0 Å². The van der Waals surface area contributed by atoms with E-state index >= 15 is 0 Å². The minimum Gasteiger partial charge on any atom is -0.385 e. The van der Waals surface area contributed by atoms with E-state index in [1.807, 2.05) is 41.0 Å². The van der Waals surface area contributed by atoms with Crippen molar-refractivity contribution in [3.63, 3.8) is 0 Å². The molecule has 0 saturated carbocycles. The molecule has 2 aliphatic rings. The molecule has 1 aromatic carbocycles. The molecule has 33 heavy (non-hydrogen) atoms. The average molecular weight is 453 g/mol. The molecule has 0 spiro atoms. The number of piperidine rings is 1. The number of nitrogens with one attached hydrogen (secondary N) is 2. The van der Waals surface area contributed by atoms with Crippen LogP contribution in [-0.4, -0.2) is 60.8 Å². The van der Waals surface area contributed by atoms with E-state index in [2.05, 4.69) is 10.6 Å². The number of rotatable bonds is 8. The Morgan fingerprint density at radius 3 is 2.70 bits per heavy atom. The van der Waals surface area contributed by atoms with E-state index in [0.29, 0.717) is 45.6 Å². The van der Waals surface area contributed by atoms with Gasteiger partial charge in [-0.15, -0.1) is 0 Å². The zero-order chi connectivity index (χ0) is 23.2. The summed E-state index contributed by atoms with van der Waals surface area (Å²) in [6, 6.07) is 14.2. The Morgan fingerprint density at radius 1 is 1.09 bits per heavy atom. The minimum atomic E-state index is -0.667. The number of fused-ring (bicyclic) bond motifs is 4. The Morgan fingerprint density at radius 2 is 1.91 bits per heavy atom. The second-order valence-corrected chi connectivity index (χ2v) is 8.93. The van der Waals surface area contributed by atoms with E-state index in [1.54, 1.807) is 24.1 Å². The van der Waals surface area contributed by atoms with Crippen LogP contribution in [0.2, 0.25) is 0 Å². The molecule has 3 atom stereocenters. The molecule has 2 N–H and O–H groups in total. The van der Waals surface area contributed by atoms with Crippen molar-refractivity contribution in [2.45, 2.75) is 37.8 Å². The predicted octanol–water partition coefficient (Wildman–Crippen LogP) is 1.74. The Hall–Kier alpha value is -3.13. The van der Waals surface area contributed by atoms with E-state index in [4.69, 9.17) is 4.74 Å². The SMILES string of the molecule is COCCCNC(=O)[C@H](Cc1ccccc1)NC(=O)N1C[C@@H]2C[C@H](C1)c1cccc(=O)n1C2. The quantitative estimate of drug-likeness (QED) is 0.597. The summed E-state index contributed by atoms with van der Waals surface area (Å²) in [5.41, 5.74) is 2.00. The number of pyridine rings is 1. The maximum absolute atomic E-state index is 13.2. The monoisotopic (exact) mass is 452 g/mol. The Labute approximate surface area is 193 Å². The molecule has 0 radical (unpaired) electrons. The lowest BCUT2D eigenvalue weighted by Crippen LogP contribution is -2.56. The second-order valence-electron chi connectivity index (χ2n) is 8.93. The zero-order valence-electron chi connectivity index (χ0n) is 19.0. The second kappa shape index (κ2) is 10.7. The lowest BCUT2D eigenvalue weighted by molar-refractivity contribution is -0.123. The normalized spacial score (nSPS) is 20.0. The highest BCUT2D eigenvalue weighted by atomic mass is 16.5. The molecule has 1 saturated heterocycles. The smallest absolute Gasteiger partial charge is 0.318 e. The molecule has 0 unspecified atom stereocenters. The Bertz CT molecular complexity index is 1020. The molecule has 2 aliphatic heterocycles. The van der Waals surface area contributed by atoms with Gasteiger partial charge >= 0.3 is 6.03 Å². The fraction of sp³-hybridized carbons (Fsp3) is 0.480. The summed E-state index contributed by atoms with van der Waals surface area (Å²) in [5.74, 6) is 0.169. The molecule has 3 amide bonds. The molecule has 1 fully saturated rings. The van der Waals surface area contributed by atoms with E-state index < -0.39 is 6.04 Å². The lowest BCUT2D eigenvalue weighted by Gasteiger charge is -2.43. The Balaban J connectivity index is 1.44. The van der Waals surface area contributed by atoms with Crippen LogP contribution in [0.1, 0.15) is 30.0 Å². The van der Waals surface area contributed by atoms with Crippen molar-refractivity contribution in [1.82, 2.24) is 20.1 Å². The third-order valence-corrected chi connectivity index (χ3v) is 6.49. The minimum absolute atomic E-state index is 0.0215. The van der Waals surface area contributed by atoms with Gasteiger partial charge in [0.1, 0.15) is 6.04 Å². The summed E-state index contributed by atoms with van der Waals surface area (Å²) in [5, 5.41) is 5.89. The van der Waals surface area contributed by atoms with Crippen molar-refractivity contribution in [3.05, 3.63) is 70.1 Å². The van der Waals surface area contributed by atoms with Crippen molar-refractivity contribution in [1.29, 1.82) is 0 Å². The van der Waals surface area contributed by atoms with Crippen LogP contribution in [0, 0.1) is 5.92 Å². The van der Waals surface area contributed by atoms with E-state index in [-0.39, 0.29) is 29.3 Å². The highest BCUT2D eigenvalue weighted by Crippen LogP contribution is 2.34. The molecular weight excluding hydrogens is 420 g/mol. The third-order valence-electron chi connectivity index (χ3n) is 6.49. The lowest BCUT2D eigenvalue weighted by atomic mass is 9.83. The molecule has 0 aliphatic carbocycles. The molecule has 2 bridgehead atoms. The van der Waals surface area contributed by atoms with Gasteiger partial charge in [-0.25, -0.2) is 4.79 Å². The van der Waals surface area contributed by atoms with E-state index in [9.17, 15) is 14.4 Å². The van der Waals surface area contributed by atoms with Gasteiger partial charge in [-0.05, 0) is 30.4 Å². The van der Waals surface area contributed by atoms with Crippen LogP contribution >= 0.6 is 0 Å². The van der Waals surface area contributed by atoms with Gasteiger partial charge in [-0.2, -0.15) is 0 Å². The standard InChI is InChI=1S/C25H32N4O4/c1-33-12-6-11-26-24(31)21(14-18-7-3-2-4-8-18)27-25(32)28-15-19-13-20(17-28)22-9-5-10-23(30)29(22)16-19/h2-5,7-10,19-21H,6,11-17H2,1H3,(H,26,31)(H,27,32)/t19-,20+,21-/m0/s1. The number of urea groups is 1. The summed E-state index contributed by atoms with van der Waals surface area (Å²) in [4.78, 5) is 40.2.